The predicted octanol–water partition coefficient (Wildman–Crippen LogP) is 3.52. The Kier molecular flexibility index (Phi) is 8.18. The predicted molar refractivity (Wildman–Crippen MR) is 151 cm³/mol. The second-order valence-electron chi connectivity index (χ2n) is 9.56. The summed E-state index contributed by atoms with van der Waals surface area (Å²) >= 11 is 0. The van der Waals surface area contributed by atoms with Gasteiger partial charge in [-0.1, -0.05) is 18.2 Å². The third kappa shape index (κ3) is 6.19. The maximum absolute atomic E-state index is 14.0. The average molecular weight is 547 g/mol. The van der Waals surface area contributed by atoms with Crippen LogP contribution in [0.3, 0.4) is 0 Å². The van der Waals surface area contributed by atoms with Crippen LogP contribution in [-0.4, -0.2) is 70.8 Å². The molecule has 0 radical (unpaired) electrons. The number of carbonyl (C=O) groups is 2. The fourth-order valence-corrected chi connectivity index (χ4v) is 4.66. The number of fused-ring (bicyclic) bond motifs is 1. The summed E-state index contributed by atoms with van der Waals surface area (Å²) in [4.78, 5) is 32.1. The molecule has 11 nitrogen and oxygen atoms in total. The lowest BCUT2D eigenvalue weighted by molar-refractivity contribution is 0.0374. The maximum Gasteiger partial charge on any atom is 0.323 e. The zero-order valence-electron chi connectivity index (χ0n) is 22.1. The van der Waals surface area contributed by atoms with Gasteiger partial charge in [-0.3, -0.25) is 9.69 Å². The summed E-state index contributed by atoms with van der Waals surface area (Å²) in [6.45, 7) is 6.48. The van der Waals surface area contributed by atoms with Crippen molar-refractivity contribution in [3.63, 3.8) is 0 Å². The molecule has 0 spiro atoms. The van der Waals surface area contributed by atoms with Crippen molar-refractivity contribution in [3.8, 4) is 11.1 Å². The molecule has 40 heavy (non-hydrogen) atoms. The van der Waals surface area contributed by atoms with Crippen LogP contribution in [0.5, 0.6) is 0 Å². The molecule has 208 valence electrons. The molecule has 0 aliphatic carbocycles. The third-order valence-electron chi connectivity index (χ3n) is 6.69. The number of hydrogen-bond donors (Lipinski definition) is 4. The van der Waals surface area contributed by atoms with Gasteiger partial charge < -0.3 is 26.4 Å². The first kappa shape index (κ1) is 27.0. The summed E-state index contributed by atoms with van der Waals surface area (Å²) in [6, 6.07) is 10.8. The molecule has 3 amide bonds. The number of aromatic nitrogens is 3. The minimum atomic E-state index is -0.582. The molecule has 0 atom stereocenters. The topological polar surface area (TPSA) is 139 Å². The average Bonchev–Trinajstić information content (AvgIpc) is 3.35. The van der Waals surface area contributed by atoms with Gasteiger partial charge in [-0.15, -0.1) is 0 Å². The molecule has 5 rings (SSSR count). The van der Waals surface area contributed by atoms with Crippen LogP contribution < -0.4 is 21.7 Å². The van der Waals surface area contributed by atoms with Gasteiger partial charge in [-0.2, -0.15) is 5.10 Å². The van der Waals surface area contributed by atoms with E-state index in [9.17, 15) is 14.0 Å². The SMILES string of the molecule is Cc1ccc(F)c(NC(=O)Nc2ccc(-c3c(C(=O)NCCCN4CCOCC4)cn4ncnc(N)c34)cc2)c1. The normalized spacial score (nSPS) is 13.8. The van der Waals surface area contributed by atoms with Crippen molar-refractivity contribution >= 4 is 34.6 Å². The monoisotopic (exact) mass is 546 g/mol. The molecule has 12 heteroatoms. The Bertz CT molecular complexity index is 1520. The summed E-state index contributed by atoms with van der Waals surface area (Å²) in [6.07, 6.45) is 3.78. The number of urea groups is 1. The number of ether oxygens (including phenoxy) is 1. The highest BCUT2D eigenvalue weighted by atomic mass is 19.1. The molecule has 5 N–H and O–H groups in total. The van der Waals surface area contributed by atoms with Crippen LogP contribution in [0.15, 0.2) is 55.0 Å². The quantitative estimate of drug-likeness (QED) is 0.248. The zero-order chi connectivity index (χ0) is 28.1. The van der Waals surface area contributed by atoms with Gasteiger partial charge in [0.2, 0.25) is 0 Å². The lowest BCUT2D eigenvalue weighted by Crippen LogP contribution is -2.38. The van der Waals surface area contributed by atoms with Gasteiger partial charge in [-0.25, -0.2) is 18.7 Å². The van der Waals surface area contributed by atoms with Crippen molar-refractivity contribution in [1.29, 1.82) is 0 Å². The number of benzene rings is 2. The molecule has 1 fully saturated rings. The van der Waals surface area contributed by atoms with Crippen LogP contribution in [-0.2, 0) is 4.74 Å². The van der Waals surface area contributed by atoms with Gasteiger partial charge in [0, 0.05) is 37.1 Å². The van der Waals surface area contributed by atoms with Crippen molar-refractivity contribution in [2.24, 2.45) is 0 Å². The van der Waals surface area contributed by atoms with Gasteiger partial charge in [0.15, 0.2) is 5.82 Å². The van der Waals surface area contributed by atoms with E-state index in [-0.39, 0.29) is 17.4 Å². The molecule has 0 bridgehead atoms. The molecule has 3 heterocycles. The molecule has 2 aromatic carbocycles. The molecule has 2 aromatic heterocycles. The lowest BCUT2D eigenvalue weighted by Gasteiger charge is -2.26. The number of morpholine rings is 1. The summed E-state index contributed by atoms with van der Waals surface area (Å²) in [5.41, 5.74) is 9.78. The molecule has 0 unspecified atom stereocenters. The Balaban J connectivity index is 1.31. The number of nitrogen functional groups attached to an aromatic ring is 1. The number of carbonyl (C=O) groups excluding carboxylic acids is 2. The number of hydrogen-bond acceptors (Lipinski definition) is 7. The van der Waals surface area contributed by atoms with E-state index in [1.807, 2.05) is 6.92 Å². The van der Waals surface area contributed by atoms with E-state index in [0.717, 1.165) is 44.8 Å². The molecule has 4 aromatic rings. The summed E-state index contributed by atoms with van der Waals surface area (Å²) in [5.74, 6) is -0.537. The summed E-state index contributed by atoms with van der Waals surface area (Å²) in [7, 11) is 0. The number of aryl methyl sites for hydroxylation is 1. The Hall–Kier alpha value is -4.55. The maximum atomic E-state index is 14.0. The highest BCUT2D eigenvalue weighted by molar-refractivity contribution is 6.07. The first-order chi connectivity index (χ1) is 19.4. The standard InChI is InChI=1S/C28H31FN8O3/c1-18-3-8-22(29)23(15-18)35-28(39)34-20-6-4-19(5-7-20)24-21(16-37-25(24)26(30)32-17-33-37)27(38)31-9-2-10-36-11-13-40-14-12-36/h3-8,15-17H,2,9-14H2,1H3,(H,31,38)(H2,30,32,33)(H2,34,35,39). The van der Waals surface area contributed by atoms with Crippen LogP contribution in [0.1, 0.15) is 22.3 Å². The summed E-state index contributed by atoms with van der Waals surface area (Å²) in [5, 5.41) is 12.4. The fourth-order valence-electron chi connectivity index (χ4n) is 4.66. The summed E-state index contributed by atoms with van der Waals surface area (Å²) < 4.78 is 20.9. The van der Waals surface area contributed by atoms with Crippen molar-refractivity contribution < 1.29 is 18.7 Å². The van der Waals surface area contributed by atoms with Gasteiger partial charge >= 0.3 is 6.03 Å². The number of amides is 3. The van der Waals surface area contributed by atoms with Crippen LogP contribution in [0.2, 0.25) is 0 Å². The van der Waals surface area contributed by atoms with Gasteiger partial charge in [0.05, 0.1) is 24.5 Å². The number of nitrogens with zero attached hydrogens (tertiary/aromatic N) is 4. The van der Waals surface area contributed by atoms with Crippen molar-refractivity contribution in [3.05, 3.63) is 71.9 Å². The Morgan fingerprint density at radius 1 is 1.10 bits per heavy atom. The van der Waals surface area contributed by atoms with Gasteiger partial charge in [-0.05, 0) is 55.3 Å². The fraction of sp³-hybridized carbons (Fsp3) is 0.286. The Morgan fingerprint density at radius 2 is 1.88 bits per heavy atom. The van der Waals surface area contributed by atoms with E-state index >= 15 is 0 Å². The minimum Gasteiger partial charge on any atom is -0.382 e. The highest BCUT2D eigenvalue weighted by Crippen LogP contribution is 2.33. The zero-order valence-corrected chi connectivity index (χ0v) is 22.1. The van der Waals surface area contributed by atoms with Crippen LogP contribution in [0.25, 0.3) is 16.6 Å². The number of rotatable bonds is 8. The van der Waals surface area contributed by atoms with E-state index in [1.165, 1.54) is 16.9 Å². The van der Waals surface area contributed by atoms with E-state index in [1.54, 1.807) is 42.6 Å². The van der Waals surface area contributed by atoms with Crippen molar-refractivity contribution in [2.75, 3.05) is 55.8 Å². The van der Waals surface area contributed by atoms with Crippen molar-refractivity contribution in [1.82, 2.24) is 24.8 Å². The second-order valence-corrected chi connectivity index (χ2v) is 9.56. The Morgan fingerprint density at radius 3 is 2.65 bits per heavy atom. The number of nitrogens with two attached hydrogens (primary N) is 1. The first-order valence-corrected chi connectivity index (χ1v) is 13.0. The van der Waals surface area contributed by atoms with E-state index in [0.29, 0.717) is 34.4 Å². The molecular formula is C28H31FN8O3. The molecule has 1 aliphatic rings. The smallest absolute Gasteiger partial charge is 0.323 e. The second kappa shape index (κ2) is 12.1. The first-order valence-electron chi connectivity index (χ1n) is 13.0. The van der Waals surface area contributed by atoms with Crippen LogP contribution in [0.4, 0.5) is 26.4 Å². The Labute approximate surface area is 230 Å². The number of halogens is 1. The lowest BCUT2D eigenvalue weighted by atomic mass is 10.0. The molecular weight excluding hydrogens is 515 g/mol. The highest BCUT2D eigenvalue weighted by Gasteiger charge is 2.22. The van der Waals surface area contributed by atoms with E-state index in [2.05, 4.69) is 30.9 Å². The van der Waals surface area contributed by atoms with Crippen LogP contribution >= 0.6 is 0 Å². The third-order valence-corrected chi connectivity index (χ3v) is 6.69. The molecule has 1 aliphatic heterocycles. The minimum absolute atomic E-state index is 0.0884. The van der Waals surface area contributed by atoms with E-state index in [4.69, 9.17) is 10.5 Å². The van der Waals surface area contributed by atoms with Gasteiger partial charge in [0.1, 0.15) is 17.7 Å². The molecule has 1 saturated heterocycles. The molecule has 0 saturated carbocycles. The number of nitrogens with one attached hydrogen (secondary N) is 3. The largest absolute Gasteiger partial charge is 0.382 e. The van der Waals surface area contributed by atoms with E-state index < -0.39 is 11.8 Å². The number of anilines is 3. The van der Waals surface area contributed by atoms with Crippen molar-refractivity contribution in [2.45, 2.75) is 13.3 Å². The van der Waals surface area contributed by atoms with Crippen LogP contribution in [0, 0.1) is 12.7 Å². The van der Waals surface area contributed by atoms with Gasteiger partial charge in [0.25, 0.3) is 5.91 Å².